The zero-order valence-electron chi connectivity index (χ0n) is 15.4. The predicted octanol–water partition coefficient (Wildman–Crippen LogP) is 3.14. The van der Waals surface area contributed by atoms with Crippen molar-refractivity contribution in [3.05, 3.63) is 27.8 Å². The fourth-order valence-electron chi connectivity index (χ4n) is 3.43. The zero-order chi connectivity index (χ0) is 18.2. The zero-order valence-corrected chi connectivity index (χ0v) is 15.4. The fourth-order valence-corrected chi connectivity index (χ4v) is 3.43. The summed E-state index contributed by atoms with van der Waals surface area (Å²) in [6, 6.07) is 3.30. The van der Waals surface area contributed by atoms with E-state index in [1.54, 1.807) is 13.2 Å². The van der Waals surface area contributed by atoms with E-state index in [1.807, 2.05) is 0 Å². The lowest BCUT2D eigenvalue weighted by Gasteiger charge is -2.35. The van der Waals surface area contributed by atoms with Crippen LogP contribution in [0.5, 0.6) is 11.5 Å². The first-order valence-corrected chi connectivity index (χ1v) is 8.97. The average Bonchev–Trinajstić information content (AvgIpc) is 2.65. The van der Waals surface area contributed by atoms with Gasteiger partial charge in [0.2, 0.25) is 0 Å². The van der Waals surface area contributed by atoms with Crippen LogP contribution in [0.25, 0.3) is 0 Å². The van der Waals surface area contributed by atoms with Gasteiger partial charge in [-0.15, -0.1) is 0 Å². The number of rotatable bonds is 9. The normalized spacial score (nSPS) is 16.4. The summed E-state index contributed by atoms with van der Waals surface area (Å²) in [5.41, 5.74) is 0.832. The second-order valence-corrected chi connectivity index (χ2v) is 6.32. The molecule has 0 spiro atoms. The lowest BCUT2D eigenvalue weighted by atomic mass is 9.96. The molecule has 1 aromatic rings. The van der Waals surface area contributed by atoms with Gasteiger partial charge in [-0.3, -0.25) is 15.0 Å². The molecule has 2 rings (SSSR count). The molecule has 1 saturated heterocycles. The van der Waals surface area contributed by atoms with Gasteiger partial charge < -0.3 is 14.8 Å². The van der Waals surface area contributed by atoms with Crippen LogP contribution in [0.3, 0.4) is 0 Å². The van der Waals surface area contributed by atoms with Crippen molar-refractivity contribution < 1.29 is 14.4 Å². The SMILES string of the molecule is CCCCC[C@H](c1cc(OC)c(OC)cc1[N+](=O)[O-])N1CCNCC1. The quantitative estimate of drug-likeness (QED) is 0.418. The molecule has 0 aromatic heterocycles. The number of ether oxygens (including phenoxy) is 2. The van der Waals surface area contributed by atoms with Crippen LogP contribution in [0.15, 0.2) is 12.1 Å². The Labute approximate surface area is 149 Å². The third kappa shape index (κ3) is 4.83. The monoisotopic (exact) mass is 351 g/mol. The smallest absolute Gasteiger partial charge is 0.278 e. The van der Waals surface area contributed by atoms with E-state index in [0.717, 1.165) is 57.4 Å². The number of hydrogen-bond acceptors (Lipinski definition) is 6. The molecule has 1 N–H and O–H groups in total. The number of piperazine rings is 1. The van der Waals surface area contributed by atoms with Crippen molar-refractivity contribution in [2.45, 2.75) is 38.6 Å². The van der Waals surface area contributed by atoms with E-state index in [0.29, 0.717) is 11.5 Å². The summed E-state index contributed by atoms with van der Waals surface area (Å²) >= 11 is 0. The van der Waals surface area contributed by atoms with Crippen LogP contribution in [-0.4, -0.2) is 50.2 Å². The maximum absolute atomic E-state index is 11.7. The molecule has 1 heterocycles. The van der Waals surface area contributed by atoms with E-state index in [4.69, 9.17) is 9.47 Å². The molecule has 7 heteroatoms. The Hall–Kier alpha value is -1.86. The number of methoxy groups -OCH3 is 2. The third-order valence-electron chi connectivity index (χ3n) is 4.76. The summed E-state index contributed by atoms with van der Waals surface area (Å²) < 4.78 is 10.6. The standard InChI is InChI=1S/C18H29N3O4/c1-4-5-6-7-15(20-10-8-19-9-11-20)14-12-17(24-2)18(25-3)13-16(14)21(22)23/h12-13,15,19H,4-11H2,1-3H3/t15-/m1/s1. The Morgan fingerprint density at radius 3 is 2.40 bits per heavy atom. The van der Waals surface area contributed by atoms with Gasteiger partial charge >= 0.3 is 0 Å². The number of nitrogens with one attached hydrogen (secondary N) is 1. The van der Waals surface area contributed by atoms with Crippen molar-refractivity contribution in [2.75, 3.05) is 40.4 Å². The van der Waals surface area contributed by atoms with Crippen LogP contribution < -0.4 is 14.8 Å². The topological polar surface area (TPSA) is 76.9 Å². The fraction of sp³-hybridized carbons (Fsp3) is 0.667. The highest BCUT2D eigenvalue weighted by molar-refractivity contribution is 5.55. The molecule has 7 nitrogen and oxygen atoms in total. The first-order chi connectivity index (χ1) is 12.1. The Morgan fingerprint density at radius 2 is 1.84 bits per heavy atom. The van der Waals surface area contributed by atoms with Gasteiger partial charge in [-0.05, 0) is 12.5 Å². The van der Waals surface area contributed by atoms with Gasteiger partial charge in [0.15, 0.2) is 11.5 Å². The second kappa shape index (κ2) is 9.58. The minimum atomic E-state index is -0.313. The van der Waals surface area contributed by atoms with Crippen LogP contribution >= 0.6 is 0 Å². The summed E-state index contributed by atoms with van der Waals surface area (Å²) in [5, 5.41) is 15.0. The van der Waals surface area contributed by atoms with Crippen LogP contribution in [0.2, 0.25) is 0 Å². The number of benzene rings is 1. The van der Waals surface area contributed by atoms with Crippen molar-refractivity contribution in [1.82, 2.24) is 10.2 Å². The van der Waals surface area contributed by atoms with E-state index in [2.05, 4.69) is 17.1 Å². The van der Waals surface area contributed by atoms with E-state index in [1.165, 1.54) is 13.2 Å². The summed E-state index contributed by atoms with van der Waals surface area (Å²) in [5.74, 6) is 0.935. The van der Waals surface area contributed by atoms with Gasteiger partial charge in [-0.1, -0.05) is 26.2 Å². The molecular weight excluding hydrogens is 322 g/mol. The van der Waals surface area contributed by atoms with Gasteiger partial charge in [0.25, 0.3) is 5.69 Å². The first-order valence-electron chi connectivity index (χ1n) is 8.97. The van der Waals surface area contributed by atoms with E-state index >= 15 is 0 Å². The lowest BCUT2D eigenvalue weighted by Crippen LogP contribution is -2.45. The van der Waals surface area contributed by atoms with Gasteiger partial charge in [-0.25, -0.2) is 0 Å². The van der Waals surface area contributed by atoms with Crippen LogP contribution in [0, 0.1) is 10.1 Å². The molecule has 140 valence electrons. The Morgan fingerprint density at radius 1 is 1.20 bits per heavy atom. The molecular formula is C18H29N3O4. The highest BCUT2D eigenvalue weighted by Crippen LogP contribution is 2.40. The molecule has 1 aromatic carbocycles. The highest BCUT2D eigenvalue weighted by atomic mass is 16.6. The van der Waals surface area contributed by atoms with Gasteiger partial charge in [0, 0.05) is 32.2 Å². The molecule has 0 amide bonds. The molecule has 0 unspecified atom stereocenters. The minimum absolute atomic E-state index is 0.0221. The van der Waals surface area contributed by atoms with Gasteiger partial charge in [0.1, 0.15) is 0 Å². The maximum Gasteiger partial charge on any atom is 0.278 e. The highest BCUT2D eigenvalue weighted by Gasteiger charge is 2.30. The number of nitro groups is 1. The third-order valence-corrected chi connectivity index (χ3v) is 4.76. The molecule has 0 saturated carbocycles. The lowest BCUT2D eigenvalue weighted by molar-refractivity contribution is -0.386. The molecule has 1 fully saturated rings. The van der Waals surface area contributed by atoms with E-state index in [9.17, 15) is 10.1 Å². The molecule has 1 aliphatic heterocycles. The van der Waals surface area contributed by atoms with Crippen LogP contribution in [0.4, 0.5) is 5.69 Å². The molecule has 25 heavy (non-hydrogen) atoms. The number of hydrogen-bond donors (Lipinski definition) is 1. The number of nitrogens with zero attached hydrogens (tertiary/aromatic N) is 2. The van der Waals surface area contributed by atoms with E-state index < -0.39 is 0 Å². The predicted molar refractivity (Wildman–Crippen MR) is 97.5 cm³/mol. The van der Waals surface area contributed by atoms with Crippen LogP contribution in [0.1, 0.15) is 44.2 Å². The van der Waals surface area contributed by atoms with Crippen molar-refractivity contribution in [3.8, 4) is 11.5 Å². The van der Waals surface area contributed by atoms with Crippen molar-refractivity contribution in [1.29, 1.82) is 0 Å². The van der Waals surface area contributed by atoms with Gasteiger partial charge in [-0.2, -0.15) is 0 Å². The summed E-state index contributed by atoms with van der Waals surface area (Å²) in [4.78, 5) is 13.7. The minimum Gasteiger partial charge on any atom is -0.493 e. The first kappa shape index (κ1) is 19.5. The van der Waals surface area contributed by atoms with Crippen molar-refractivity contribution in [3.63, 3.8) is 0 Å². The molecule has 1 atom stereocenters. The Bertz CT molecular complexity index is 574. The molecule has 1 aliphatic rings. The summed E-state index contributed by atoms with van der Waals surface area (Å²) in [6.07, 6.45) is 4.22. The van der Waals surface area contributed by atoms with E-state index in [-0.39, 0.29) is 16.7 Å². The number of unbranched alkanes of at least 4 members (excludes halogenated alkanes) is 2. The number of nitro benzene ring substituents is 1. The summed E-state index contributed by atoms with van der Waals surface area (Å²) in [7, 11) is 3.06. The Balaban J connectivity index is 2.43. The summed E-state index contributed by atoms with van der Waals surface area (Å²) in [6.45, 7) is 5.76. The van der Waals surface area contributed by atoms with Crippen molar-refractivity contribution >= 4 is 5.69 Å². The Kier molecular flexibility index (Phi) is 7.46. The van der Waals surface area contributed by atoms with Gasteiger partial charge in [0.05, 0.1) is 30.8 Å². The molecule has 0 radical (unpaired) electrons. The average molecular weight is 351 g/mol. The maximum atomic E-state index is 11.7. The second-order valence-electron chi connectivity index (χ2n) is 6.32. The molecule has 0 bridgehead atoms. The van der Waals surface area contributed by atoms with Crippen molar-refractivity contribution in [2.24, 2.45) is 0 Å². The van der Waals surface area contributed by atoms with Crippen LogP contribution in [-0.2, 0) is 0 Å². The molecule has 0 aliphatic carbocycles. The largest absolute Gasteiger partial charge is 0.493 e.